The maximum Gasteiger partial charge on any atom is 0.269 e. The molecule has 0 aromatic carbocycles. The Labute approximate surface area is 114 Å². The van der Waals surface area contributed by atoms with Gasteiger partial charge in [-0.1, -0.05) is 0 Å². The number of amides is 1. The van der Waals surface area contributed by atoms with E-state index in [1.165, 1.54) is 12.8 Å². The summed E-state index contributed by atoms with van der Waals surface area (Å²) in [5, 5.41) is 6.14. The van der Waals surface area contributed by atoms with Crippen LogP contribution >= 0.6 is 0 Å². The van der Waals surface area contributed by atoms with E-state index < -0.39 is 0 Å². The molecule has 1 aliphatic rings. The Morgan fingerprint density at radius 3 is 2.95 bits per heavy atom. The number of anilines is 1. The Morgan fingerprint density at radius 1 is 1.53 bits per heavy atom. The number of aromatic nitrogens is 1. The molecule has 2 rings (SSSR count). The third-order valence-electron chi connectivity index (χ3n) is 3.63. The fraction of sp³-hybridized carbons (Fsp3) is 0.571. The van der Waals surface area contributed by atoms with E-state index in [-0.39, 0.29) is 5.91 Å². The fourth-order valence-electron chi connectivity index (χ4n) is 2.20. The number of nitrogens with two attached hydrogens (primary N) is 1. The molecule has 0 unspecified atom stereocenters. The van der Waals surface area contributed by atoms with Crippen LogP contribution in [0.5, 0.6) is 0 Å². The molecule has 4 N–H and O–H groups in total. The van der Waals surface area contributed by atoms with Crippen molar-refractivity contribution < 1.29 is 4.79 Å². The van der Waals surface area contributed by atoms with Crippen molar-refractivity contribution in [3.05, 3.63) is 24.0 Å². The van der Waals surface area contributed by atoms with Gasteiger partial charge in [0.05, 0.1) is 0 Å². The fourth-order valence-corrected chi connectivity index (χ4v) is 2.20. The highest BCUT2D eigenvalue weighted by Gasteiger charge is 2.41. The second kappa shape index (κ2) is 6.02. The quantitative estimate of drug-likeness (QED) is 0.693. The summed E-state index contributed by atoms with van der Waals surface area (Å²) in [5.74, 6) is -0.130. The van der Waals surface area contributed by atoms with Crippen LogP contribution in [0.2, 0.25) is 0 Å². The Balaban J connectivity index is 1.94. The molecule has 1 fully saturated rings. The summed E-state index contributed by atoms with van der Waals surface area (Å²) >= 11 is 0. The number of hydrogen-bond acceptors (Lipinski definition) is 4. The monoisotopic (exact) mass is 262 g/mol. The van der Waals surface area contributed by atoms with Crippen LogP contribution < -0.4 is 16.4 Å². The predicted octanol–water partition coefficient (Wildman–Crippen LogP) is 1.37. The molecule has 5 heteroatoms. The molecule has 1 heterocycles. The van der Waals surface area contributed by atoms with Crippen molar-refractivity contribution in [3.8, 4) is 0 Å². The van der Waals surface area contributed by atoms with Crippen LogP contribution in [0.4, 0.5) is 5.69 Å². The van der Waals surface area contributed by atoms with Gasteiger partial charge in [-0.2, -0.15) is 0 Å². The molecule has 19 heavy (non-hydrogen) atoms. The summed E-state index contributed by atoms with van der Waals surface area (Å²) in [7, 11) is 0. The van der Waals surface area contributed by atoms with Crippen molar-refractivity contribution in [2.45, 2.75) is 26.2 Å². The van der Waals surface area contributed by atoms with Crippen LogP contribution in [0.3, 0.4) is 0 Å². The topological polar surface area (TPSA) is 80.0 Å². The van der Waals surface area contributed by atoms with Crippen LogP contribution in [-0.2, 0) is 0 Å². The zero-order valence-electron chi connectivity index (χ0n) is 11.4. The van der Waals surface area contributed by atoms with Crippen LogP contribution in [-0.4, -0.2) is 30.5 Å². The second-order valence-electron chi connectivity index (χ2n) is 5.18. The number of hydrogen-bond donors (Lipinski definition) is 3. The SMILES string of the molecule is CCNC(=O)c1cc(NCC2(CCN)CC2)ccn1. The van der Waals surface area contributed by atoms with E-state index >= 15 is 0 Å². The van der Waals surface area contributed by atoms with Gasteiger partial charge < -0.3 is 16.4 Å². The van der Waals surface area contributed by atoms with Crippen LogP contribution in [0.15, 0.2) is 18.3 Å². The van der Waals surface area contributed by atoms with Gasteiger partial charge in [0.25, 0.3) is 5.91 Å². The average molecular weight is 262 g/mol. The molecule has 104 valence electrons. The minimum Gasteiger partial charge on any atom is -0.384 e. The summed E-state index contributed by atoms with van der Waals surface area (Å²) in [6.45, 7) is 4.16. The minimum atomic E-state index is -0.130. The van der Waals surface area contributed by atoms with E-state index in [1.807, 2.05) is 13.0 Å². The minimum absolute atomic E-state index is 0.130. The normalized spacial score (nSPS) is 15.9. The van der Waals surface area contributed by atoms with Crippen molar-refractivity contribution in [1.82, 2.24) is 10.3 Å². The first-order valence-electron chi connectivity index (χ1n) is 6.87. The summed E-state index contributed by atoms with van der Waals surface area (Å²) in [5.41, 5.74) is 7.41. The maximum atomic E-state index is 11.7. The third kappa shape index (κ3) is 3.67. The average Bonchev–Trinajstić information content (AvgIpc) is 3.18. The molecule has 5 nitrogen and oxygen atoms in total. The predicted molar refractivity (Wildman–Crippen MR) is 76.1 cm³/mol. The standard InChI is InChI=1S/C14H22N4O/c1-2-16-13(19)12-9-11(3-8-17-12)18-10-14(4-5-14)6-7-15/h3,8-9H,2,4-7,10,15H2,1H3,(H,16,19)(H,17,18). The van der Waals surface area contributed by atoms with Gasteiger partial charge >= 0.3 is 0 Å². The van der Waals surface area contributed by atoms with E-state index in [9.17, 15) is 4.79 Å². The second-order valence-corrected chi connectivity index (χ2v) is 5.18. The third-order valence-corrected chi connectivity index (χ3v) is 3.63. The molecule has 1 aromatic rings. The van der Waals surface area contributed by atoms with Crippen molar-refractivity contribution in [3.63, 3.8) is 0 Å². The van der Waals surface area contributed by atoms with E-state index in [2.05, 4.69) is 15.6 Å². The molecule has 1 amide bonds. The molecule has 1 aromatic heterocycles. The summed E-state index contributed by atoms with van der Waals surface area (Å²) in [6.07, 6.45) is 5.21. The van der Waals surface area contributed by atoms with Crippen LogP contribution in [0.25, 0.3) is 0 Å². The number of nitrogens with one attached hydrogen (secondary N) is 2. The van der Waals surface area contributed by atoms with E-state index in [4.69, 9.17) is 5.73 Å². The molecular weight excluding hydrogens is 240 g/mol. The van der Waals surface area contributed by atoms with E-state index in [0.717, 1.165) is 25.2 Å². The van der Waals surface area contributed by atoms with Gasteiger partial charge in [0.2, 0.25) is 0 Å². The lowest BCUT2D eigenvalue weighted by atomic mass is 10.0. The summed E-state index contributed by atoms with van der Waals surface area (Å²) in [6, 6.07) is 3.69. The lowest BCUT2D eigenvalue weighted by Crippen LogP contribution is -2.24. The molecule has 1 aliphatic carbocycles. The smallest absolute Gasteiger partial charge is 0.269 e. The van der Waals surface area contributed by atoms with E-state index in [0.29, 0.717) is 17.7 Å². The number of carbonyl (C=O) groups is 1. The molecule has 0 atom stereocenters. The summed E-state index contributed by atoms with van der Waals surface area (Å²) in [4.78, 5) is 15.8. The molecule has 0 spiro atoms. The number of nitrogens with zero attached hydrogens (tertiary/aromatic N) is 1. The lowest BCUT2D eigenvalue weighted by molar-refractivity contribution is 0.0951. The van der Waals surface area contributed by atoms with Gasteiger partial charge in [-0.15, -0.1) is 0 Å². The Bertz CT molecular complexity index is 443. The van der Waals surface area contributed by atoms with Crippen LogP contribution in [0, 0.1) is 5.41 Å². The lowest BCUT2D eigenvalue weighted by Gasteiger charge is -2.16. The Morgan fingerprint density at radius 2 is 2.32 bits per heavy atom. The molecular formula is C14H22N4O. The van der Waals surface area contributed by atoms with Crippen molar-refractivity contribution in [2.75, 3.05) is 25.0 Å². The zero-order chi connectivity index (χ0) is 13.7. The van der Waals surface area contributed by atoms with Crippen molar-refractivity contribution in [1.29, 1.82) is 0 Å². The highest BCUT2D eigenvalue weighted by Crippen LogP contribution is 2.48. The highest BCUT2D eigenvalue weighted by atomic mass is 16.1. The number of pyridine rings is 1. The first kappa shape index (κ1) is 13.8. The van der Waals surface area contributed by atoms with Crippen molar-refractivity contribution in [2.24, 2.45) is 11.1 Å². The largest absolute Gasteiger partial charge is 0.384 e. The first-order chi connectivity index (χ1) is 9.19. The number of carbonyl (C=O) groups excluding carboxylic acids is 1. The molecule has 0 saturated heterocycles. The van der Waals surface area contributed by atoms with Gasteiger partial charge in [0, 0.05) is 25.0 Å². The molecule has 0 radical (unpaired) electrons. The highest BCUT2D eigenvalue weighted by molar-refractivity contribution is 5.93. The van der Waals surface area contributed by atoms with Gasteiger partial charge in [-0.25, -0.2) is 0 Å². The first-order valence-corrected chi connectivity index (χ1v) is 6.87. The maximum absolute atomic E-state index is 11.7. The Kier molecular flexibility index (Phi) is 4.37. The molecule has 0 bridgehead atoms. The molecule has 0 aliphatic heterocycles. The van der Waals surface area contributed by atoms with Gasteiger partial charge in [-0.05, 0) is 50.3 Å². The number of rotatable bonds is 7. The molecule has 1 saturated carbocycles. The van der Waals surface area contributed by atoms with Crippen LogP contribution in [0.1, 0.15) is 36.7 Å². The van der Waals surface area contributed by atoms with Gasteiger partial charge in [-0.3, -0.25) is 9.78 Å². The van der Waals surface area contributed by atoms with Gasteiger partial charge in [0.1, 0.15) is 5.69 Å². The zero-order valence-corrected chi connectivity index (χ0v) is 11.4. The van der Waals surface area contributed by atoms with Crippen molar-refractivity contribution >= 4 is 11.6 Å². The van der Waals surface area contributed by atoms with Gasteiger partial charge in [0.15, 0.2) is 0 Å². The summed E-state index contributed by atoms with van der Waals surface area (Å²) < 4.78 is 0. The van der Waals surface area contributed by atoms with E-state index in [1.54, 1.807) is 12.3 Å². The Hall–Kier alpha value is -1.62.